The van der Waals surface area contributed by atoms with E-state index < -0.39 is 10.7 Å². The maximum Gasteiger partial charge on any atom is 0.298 e. The lowest BCUT2D eigenvalue weighted by molar-refractivity contribution is 0.417. The molecule has 0 aliphatic heterocycles. The molecule has 0 saturated heterocycles. The van der Waals surface area contributed by atoms with Crippen LogP contribution in [0.5, 0.6) is 5.75 Å². The molecule has 0 radical (unpaired) electrons. The molecule has 1 aromatic heterocycles. The second kappa shape index (κ2) is 4.31. The van der Waals surface area contributed by atoms with Gasteiger partial charge < -0.3 is 4.74 Å². The zero-order chi connectivity index (χ0) is 11.7. The Morgan fingerprint density at radius 3 is 2.62 bits per heavy atom. The minimum atomic E-state index is -0.587. The van der Waals surface area contributed by atoms with E-state index in [1.165, 1.54) is 0 Å². The van der Waals surface area contributed by atoms with Crippen LogP contribution in [0.15, 0.2) is 29.1 Å². The molecule has 0 saturated carbocycles. The van der Waals surface area contributed by atoms with Gasteiger partial charge in [-0.2, -0.15) is 0 Å². The number of halogens is 1. The van der Waals surface area contributed by atoms with E-state index in [0.29, 0.717) is 9.90 Å². The first-order valence-electron chi connectivity index (χ1n) is 4.70. The van der Waals surface area contributed by atoms with Gasteiger partial charge in [0.2, 0.25) is 4.90 Å². The molecule has 5 heteroatoms. The molecule has 0 aliphatic rings. The van der Waals surface area contributed by atoms with Crippen LogP contribution in [0.3, 0.4) is 0 Å². The molecule has 1 unspecified atom stereocenters. The number of benzene rings is 1. The van der Waals surface area contributed by atoms with Gasteiger partial charge in [0.25, 0.3) is 9.90 Å². The molecule has 3 nitrogen and oxygen atoms in total. The van der Waals surface area contributed by atoms with E-state index in [2.05, 4.69) is 4.37 Å². The fourth-order valence-corrected chi connectivity index (χ4v) is 3.54. The van der Waals surface area contributed by atoms with E-state index in [0.717, 1.165) is 10.6 Å². The van der Waals surface area contributed by atoms with Crippen LogP contribution in [0, 0.1) is 6.92 Å². The van der Waals surface area contributed by atoms with Crippen molar-refractivity contribution in [2.24, 2.45) is 0 Å². The van der Waals surface area contributed by atoms with Crippen LogP contribution in [-0.4, -0.2) is 11.5 Å². The second-order valence-corrected chi connectivity index (χ2v) is 5.55. The number of para-hydroxylation sites is 1. The Bertz CT molecular complexity index is 574. The van der Waals surface area contributed by atoms with Crippen LogP contribution in [0.1, 0.15) is 5.56 Å². The summed E-state index contributed by atoms with van der Waals surface area (Å²) in [6.07, 6.45) is 0. The Balaban J connectivity index is 2.67. The summed E-state index contributed by atoms with van der Waals surface area (Å²) in [5.74, 6) is 0.735. The van der Waals surface area contributed by atoms with Crippen LogP contribution >= 0.6 is 22.3 Å². The first-order chi connectivity index (χ1) is 7.65. The minimum absolute atomic E-state index is 0.112. The van der Waals surface area contributed by atoms with Gasteiger partial charge in [0, 0.05) is 6.07 Å². The average molecular weight is 257 g/mol. The molecule has 1 atom stereocenters. The molecule has 0 aliphatic carbocycles. The van der Waals surface area contributed by atoms with E-state index in [1.54, 1.807) is 14.0 Å². The van der Waals surface area contributed by atoms with E-state index in [9.17, 15) is 4.79 Å². The largest absolute Gasteiger partial charge is 0.491 e. The number of hydrogen-bond acceptors (Lipinski definition) is 2. The van der Waals surface area contributed by atoms with Gasteiger partial charge in [-0.25, -0.2) is 0 Å². The third kappa shape index (κ3) is 1.74. The maximum atomic E-state index is 11.5. The molecular weight excluding hydrogens is 246 g/mol. The molecule has 84 valence electrons. The monoisotopic (exact) mass is 256 g/mol. The molecular formula is C11H11ClNO2S+. The SMILES string of the molecule is COc1ccccc1-[s+]1[nH]c(=O)c(C)c1Cl. The number of methoxy groups -OCH3 is 1. The van der Waals surface area contributed by atoms with Gasteiger partial charge in [0.05, 0.1) is 12.7 Å². The molecule has 1 aromatic carbocycles. The van der Waals surface area contributed by atoms with Crippen LogP contribution in [0.25, 0.3) is 4.90 Å². The third-order valence-electron chi connectivity index (χ3n) is 2.30. The number of rotatable bonds is 2. The van der Waals surface area contributed by atoms with Gasteiger partial charge >= 0.3 is 0 Å². The van der Waals surface area contributed by atoms with E-state index >= 15 is 0 Å². The fourth-order valence-electron chi connectivity index (χ4n) is 1.40. The summed E-state index contributed by atoms with van der Waals surface area (Å²) >= 11 is 6.14. The predicted molar refractivity (Wildman–Crippen MR) is 67.2 cm³/mol. The van der Waals surface area contributed by atoms with Crippen molar-refractivity contribution in [2.45, 2.75) is 6.92 Å². The summed E-state index contributed by atoms with van der Waals surface area (Å²) in [4.78, 5) is 12.4. The van der Waals surface area contributed by atoms with E-state index in [4.69, 9.17) is 16.3 Å². The van der Waals surface area contributed by atoms with Crippen LogP contribution in [0.4, 0.5) is 0 Å². The lowest BCUT2D eigenvalue weighted by Crippen LogP contribution is -1.99. The highest BCUT2D eigenvalue weighted by molar-refractivity contribution is 7.38. The molecule has 2 aromatic rings. The third-order valence-corrected chi connectivity index (χ3v) is 4.88. The van der Waals surface area contributed by atoms with Gasteiger partial charge in [-0.3, -0.25) is 4.79 Å². The summed E-state index contributed by atoms with van der Waals surface area (Å²) in [5, 5.41) is 0. The Kier molecular flexibility index (Phi) is 3.03. The van der Waals surface area contributed by atoms with E-state index in [-0.39, 0.29) is 5.56 Å². The smallest absolute Gasteiger partial charge is 0.298 e. The fraction of sp³-hybridized carbons (Fsp3) is 0.182. The number of ether oxygens (including phenoxy) is 1. The van der Waals surface area contributed by atoms with Crippen molar-refractivity contribution < 1.29 is 4.74 Å². The van der Waals surface area contributed by atoms with Gasteiger partial charge in [-0.15, -0.1) is 4.37 Å². The molecule has 1 heterocycles. The Morgan fingerprint density at radius 1 is 1.38 bits per heavy atom. The number of hydrogen-bond donors (Lipinski definition) is 1. The van der Waals surface area contributed by atoms with Crippen LogP contribution in [-0.2, 0) is 0 Å². The second-order valence-electron chi connectivity index (χ2n) is 3.29. The van der Waals surface area contributed by atoms with Crippen molar-refractivity contribution >= 4 is 22.3 Å². The van der Waals surface area contributed by atoms with Crippen molar-refractivity contribution in [1.82, 2.24) is 4.37 Å². The zero-order valence-corrected chi connectivity index (χ0v) is 10.5. The molecule has 0 spiro atoms. The van der Waals surface area contributed by atoms with Crippen molar-refractivity contribution in [3.63, 3.8) is 0 Å². The van der Waals surface area contributed by atoms with Crippen LogP contribution < -0.4 is 10.3 Å². The van der Waals surface area contributed by atoms with Gasteiger partial charge in [-0.05, 0) is 24.6 Å². The van der Waals surface area contributed by atoms with Gasteiger partial charge in [-0.1, -0.05) is 12.1 Å². The molecule has 0 bridgehead atoms. The number of H-pyrrole nitrogens is 1. The maximum absolute atomic E-state index is 11.5. The first-order valence-corrected chi connectivity index (χ1v) is 6.30. The van der Waals surface area contributed by atoms with Crippen molar-refractivity contribution in [3.05, 3.63) is 44.5 Å². The summed E-state index contributed by atoms with van der Waals surface area (Å²) < 4.78 is 8.66. The van der Waals surface area contributed by atoms with Gasteiger partial charge in [0.1, 0.15) is 10.7 Å². The molecule has 16 heavy (non-hydrogen) atoms. The lowest BCUT2D eigenvalue weighted by atomic mass is 10.3. The average Bonchev–Trinajstić information content (AvgIpc) is 2.57. The van der Waals surface area contributed by atoms with Crippen molar-refractivity contribution in [1.29, 1.82) is 0 Å². The number of nitrogens with one attached hydrogen (secondary N) is 1. The highest BCUT2D eigenvalue weighted by Gasteiger charge is 2.25. The molecule has 1 N–H and O–H groups in total. The number of aromatic nitrogens is 1. The summed E-state index contributed by atoms with van der Waals surface area (Å²) in [6.45, 7) is 1.72. The Labute approximate surface area is 101 Å². The standard InChI is InChI=1S/C11H10ClNO2S/c1-7-10(12)16(13-11(7)14)9-6-4-3-5-8(9)15-2/h3-6H,1-2H3/p+1. The summed E-state index contributed by atoms with van der Waals surface area (Å²) in [7, 11) is 1.02. The first kappa shape index (κ1) is 11.2. The minimum Gasteiger partial charge on any atom is -0.491 e. The topological polar surface area (TPSA) is 42.1 Å². The van der Waals surface area contributed by atoms with E-state index in [1.807, 2.05) is 24.3 Å². The Hall–Kier alpha value is -1.26. The van der Waals surface area contributed by atoms with Crippen LogP contribution in [0.2, 0.25) is 4.34 Å². The molecule has 2 rings (SSSR count). The summed E-state index contributed by atoms with van der Waals surface area (Å²) in [6, 6.07) is 7.54. The molecule has 0 amide bonds. The number of aromatic amines is 1. The molecule has 0 fully saturated rings. The predicted octanol–water partition coefficient (Wildman–Crippen LogP) is 3.08. The highest BCUT2D eigenvalue weighted by Crippen LogP contribution is 2.41. The lowest BCUT2D eigenvalue weighted by Gasteiger charge is -1.99. The Morgan fingerprint density at radius 2 is 2.06 bits per heavy atom. The van der Waals surface area contributed by atoms with Gasteiger partial charge in [0.15, 0.2) is 5.75 Å². The summed E-state index contributed by atoms with van der Waals surface area (Å²) in [5.41, 5.74) is 0.468. The highest BCUT2D eigenvalue weighted by atomic mass is 35.5. The normalized spacial score (nSPS) is 11.6. The van der Waals surface area contributed by atoms with Crippen molar-refractivity contribution in [3.8, 4) is 10.6 Å². The quantitative estimate of drug-likeness (QED) is 0.839. The van der Waals surface area contributed by atoms with Crippen molar-refractivity contribution in [2.75, 3.05) is 7.11 Å². The zero-order valence-electron chi connectivity index (χ0n) is 8.91.